The van der Waals surface area contributed by atoms with Gasteiger partial charge < -0.3 is 5.32 Å². The molecule has 0 aliphatic heterocycles. The summed E-state index contributed by atoms with van der Waals surface area (Å²) in [4.78, 5) is 14.3. The molecule has 0 fully saturated rings. The number of halogens is 3. The van der Waals surface area contributed by atoms with Gasteiger partial charge in [-0.15, -0.1) is 6.40 Å². The van der Waals surface area contributed by atoms with Crippen LogP contribution in [0.1, 0.15) is 7.06 Å². The van der Waals surface area contributed by atoms with Gasteiger partial charge in [-0.1, -0.05) is 0 Å². The highest BCUT2D eigenvalue weighted by molar-refractivity contribution is 5.95. The molecule has 1 aromatic heterocycles. The molecule has 0 aliphatic rings. The maximum Gasteiger partial charge on any atom is 0.471 e. The number of terminal acetylenes is 1. The highest BCUT2D eigenvalue weighted by Gasteiger charge is 2.38. The monoisotopic (exact) mass is 216 g/mol. The minimum atomic E-state index is -4.97. The van der Waals surface area contributed by atoms with Crippen LogP contribution in [-0.2, 0) is 4.79 Å². The average Bonchev–Trinajstić information content (AvgIpc) is 2.20. The quantitative estimate of drug-likeness (QED) is 0.724. The fourth-order valence-corrected chi connectivity index (χ4v) is 0.799. The van der Waals surface area contributed by atoms with Crippen molar-refractivity contribution in [3.63, 3.8) is 0 Å². The lowest BCUT2D eigenvalue weighted by molar-refractivity contribution is -0.167. The Bertz CT molecular complexity index is 462. The van der Waals surface area contributed by atoms with Gasteiger partial charge in [-0.3, -0.25) is 4.79 Å². The molecule has 1 rings (SSSR count). The number of amides is 1. The molecule has 1 heterocycles. The summed E-state index contributed by atoms with van der Waals surface area (Å²) in [7, 11) is 0. The minimum Gasteiger partial charge on any atom is -0.316 e. The third-order valence-corrected chi connectivity index (χ3v) is 1.43. The van der Waals surface area contributed by atoms with Crippen molar-refractivity contribution in [2.45, 2.75) is 6.18 Å². The largest absolute Gasteiger partial charge is 0.471 e. The first-order valence-corrected chi connectivity index (χ1v) is 3.71. The highest BCUT2D eigenvalue weighted by atomic mass is 19.4. The summed E-state index contributed by atoms with van der Waals surface area (Å²) in [6.45, 7) is 0. The van der Waals surface area contributed by atoms with Gasteiger partial charge in [0.05, 0.1) is 5.69 Å². The van der Waals surface area contributed by atoms with E-state index >= 15 is 0 Å². The van der Waals surface area contributed by atoms with Crippen LogP contribution in [0.25, 0.3) is 0 Å². The predicted octanol–water partition coefficient (Wildman–Crippen LogP) is 1.56. The van der Waals surface area contributed by atoms with E-state index in [2.05, 4.69) is 10.9 Å². The normalized spacial score (nSPS) is 11.0. The summed E-state index contributed by atoms with van der Waals surface area (Å²) in [6, 6.07) is 2.57. The Hall–Kier alpha value is -2.03. The molecule has 0 saturated carbocycles. The third-order valence-electron chi connectivity index (χ3n) is 1.43. The average molecular weight is 216 g/mol. The first kappa shape index (κ1) is 9.52. The molecule has 0 spiro atoms. The number of carbonyl (C=O) groups excluding carboxylic acids is 1. The van der Waals surface area contributed by atoms with Crippen molar-refractivity contribution < 1.29 is 19.3 Å². The van der Waals surface area contributed by atoms with E-state index in [-0.39, 0.29) is 11.4 Å². The van der Waals surface area contributed by atoms with Crippen LogP contribution in [0.4, 0.5) is 18.9 Å². The van der Waals surface area contributed by atoms with E-state index in [1.54, 1.807) is 11.7 Å². The number of anilines is 1. The summed E-state index contributed by atoms with van der Waals surface area (Å²) in [5, 5.41) is 1.62. The molecule has 0 aliphatic carbocycles. The first-order chi connectivity index (χ1) is 7.45. The Morgan fingerprint density at radius 3 is 3.00 bits per heavy atom. The second-order valence-electron chi connectivity index (χ2n) is 2.48. The fraction of sp³-hybridized carbons (Fsp3) is 0.111. The number of aromatic nitrogens is 1. The van der Waals surface area contributed by atoms with Crippen molar-refractivity contribution in [3.05, 3.63) is 24.0 Å². The van der Waals surface area contributed by atoms with Crippen LogP contribution in [0.5, 0.6) is 0 Å². The summed E-state index contributed by atoms with van der Waals surface area (Å²) in [5.74, 6) is 0.0532. The number of pyridine rings is 1. The van der Waals surface area contributed by atoms with E-state index in [1.807, 2.05) is 0 Å². The number of carbonyl (C=O) groups is 1. The molecule has 1 amide bonds. The molecule has 6 heteroatoms. The van der Waals surface area contributed by atoms with E-state index in [0.717, 1.165) is 0 Å². The molecule has 15 heavy (non-hydrogen) atoms. The van der Waals surface area contributed by atoms with Gasteiger partial charge in [0.1, 0.15) is 7.06 Å². The molecule has 3 nitrogen and oxygen atoms in total. The summed E-state index contributed by atoms with van der Waals surface area (Å²) in [6.07, 6.45) is -1.93. The Kier molecular flexibility index (Phi) is 2.54. The van der Waals surface area contributed by atoms with E-state index in [9.17, 15) is 18.0 Å². The molecule has 78 valence electrons. The van der Waals surface area contributed by atoms with Crippen molar-refractivity contribution in [1.82, 2.24) is 4.98 Å². The SMILES string of the molecule is [3H]C#Cc1ncccc1NC(=O)C(F)(F)F. The van der Waals surface area contributed by atoms with Crippen molar-refractivity contribution in [2.75, 3.05) is 5.32 Å². The summed E-state index contributed by atoms with van der Waals surface area (Å²) in [5.41, 5.74) is -0.264. The number of hydrogen-bond donors (Lipinski definition) is 1. The van der Waals surface area contributed by atoms with Crippen molar-refractivity contribution in [2.24, 2.45) is 0 Å². The lowest BCUT2D eigenvalue weighted by Crippen LogP contribution is -2.30. The van der Waals surface area contributed by atoms with Crippen molar-refractivity contribution >= 4 is 11.6 Å². The Labute approximate surface area is 84.7 Å². The van der Waals surface area contributed by atoms with Gasteiger partial charge in [-0.2, -0.15) is 13.2 Å². The van der Waals surface area contributed by atoms with E-state index in [0.29, 0.717) is 0 Å². The first-order valence-electron chi connectivity index (χ1n) is 4.21. The van der Waals surface area contributed by atoms with E-state index in [4.69, 9.17) is 1.37 Å². The Morgan fingerprint density at radius 2 is 2.40 bits per heavy atom. The maximum absolute atomic E-state index is 11.9. The van der Waals surface area contributed by atoms with Crippen LogP contribution in [-0.4, -0.2) is 17.1 Å². The molecule has 0 radical (unpaired) electrons. The van der Waals surface area contributed by atoms with Crippen LogP contribution in [0, 0.1) is 12.3 Å². The molecule has 0 saturated heterocycles. The molecule has 0 aromatic carbocycles. The van der Waals surface area contributed by atoms with Crippen molar-refractivity contribution in [3.8, 4) is 12.3 Å². The van der Waals surface area contributed by atoms with E-state index in [1.165, 1.54) is 18.3 Å². The third kappa shape index (κ3) is 2.71. The van der Waals surface area contributed by atoms with Gasteiger partial charge in [0.2, 0.25) is 0 Å². The number of nitrogens with zero attached hydrogens (tertiary/aromatic N) is 1. The van der Waals surface area contributed by atoms with Gasteiger partial charge in [-0.25, -0.2) is 4.98 Å². The van der Waals surface area contributed by atoms with Crippen LogP contribution in [0.3, 0.4) is 0 Å². The zero-order chi connectivity index (χ0) is 12.2. The fourth-order valence-electron chi connectivity index (χ4n) is 0.799. The van der Waals surface area contributed by atoms with Crippen molar-refractivity contribution in [1.29, 1.82) is 0 Å². The van der Waals surface area contributed by atoms with Gasteiger partial charge >= 0.3 is 12.1 Å². The molecule has 0 bridgehead atoms. The molecule has 0 atom stereocenters. The topological polar surface area (TPSA) is 42.0 Å². The van der Waals surface area contributed by atoms with Crippen LogP contribution in [0.15, 0.2) is 18.3 Å². The van der Waals surface area contributed by atoms with Crippen LogP contribution in [0.2, 0.25) is 0 Å². The second-order valence-corrected chi connectivity index (χ2v) is 2.48. The minimum absolute atomic E-state index is 0.0879. The number of hydrogen-bond acceptors (Lipinski definition) is 2. The van der Waals surface area contributed by atoms with Gasteiger partial charge in [0.15, 0.2) is 0 Å². The molecular weight excluding hydrogens is 209 g/mol. The van der Waals surface area contributed by atoms with Gasteiger partial charge in [0, 0.05) is 6.20 Å². The maximum atomic E-state index is 11.9. The standard InChI is InChI=1S/C9H5F3N2O/c1-2-6-7(4-3-5-13-6)14-8(15)9(10,11)12/h1,3-5H,(H,14,15)/i1T. The lowest BCUT2D eigenvalue weighted by Gasteiger charge is -2.08. The van der Waals surface area contributed by atoms with Crippen LogP contribution < -0.4 is 5.32 Å². The smallest absolute Gasteiger partial charge is 0.316 e. The Morgan fingerprint density at radius 1 is 1.67 bits per heavy atom. The zero-order valence-corrected chi connectivity index (χ0v) is 7.22. The molecule has 0 unspecified atom stereocenters. The summed E-state index contributed by atoms with van der Waals surface area (Å²) < 4.78 is 42.4. The van der Waals surface area contributed by atoms with Gasteiger partial charge in [-0.05, 0) is 18.1 Å². The highest BCUT2D eigenvalue weighted by Crippen LogP contribution is 2.19. The molecular formula is C9H5F3N2O. The number of rotatable bonds is 1. The summed E-state index contributed by atoms with van der Waals surface area (Å²) >= 11 is 0. The predicted molar refractivity (Wildman–Crippen MR) is 46.9 cm³/mol. The van der Waals surface area contributed by atoms with E-state index < -0.39 is 12.1 Å². The zero-order valence-electron chi connectivity index (χ0n) is 8.22. The lowest BCUT2D eigenvalue weighted by atomic mass is 10.3. The molecule has 1 N–H and O–H groups in total. The molecule has 1 aromatic rings. The number of nitrogens with one attached hydrogen (secondary N) is 1. The van der Waals surface area contributed by atoms with Crippen LogP contribution >= 0.6 is 0 Å². The second kappa shape index (κ2) is 4.00. The number of alkyl halides is 3. The Balaban J connectivity index is 2.96. The van der Waals surface area contributed by atoms with Gasteiger partial charge in [0.25, 0.3) is 0 Å².